The van der Waals surface area contributed by atoms with E-state index in [9.17, 15) is 18.3 Å². The van der Waals surface area contributed by atoms with Crippen LogP contribution in [0.3, 0.4) is 0 Å². The molecule has 0 aliphatic rings. The molecule has 1 aromatic heterocycles. The molecule has 1 aromatic rings. The summed E-state index contributed by atoms with van der Waals surface area (Å²) in [5.74, 6) is 0. The molecule has 3 N–H and O–H groups in total. The van der Waals surface area contributed by atoms with Gasteiger partial charge in [0.25, 0.3) is 5.56 Å². The number of nitrogens with one attached hydrogen (secondary N) is 2. The van der Waals surface area contributed by atoms with Gasteiger partial charge in [-0.2, -0.15) is 0 Å². The average molecular weight is 295 g/mol. The molecule has 0 aromatic carbocycles. The van der Waals surface area contributed by atoms with Gasteiger partial charge in [0.1, 0.15) is 5.02 Å². The van der Waals surface area contributed by atoms with Crippen LogP contribution in [0.25, 0.3) is 0 Å². The summed E-state index contributed by atoms with van der Waals surface area (Å²) in [5.41, 5.74) is -1.60. The monoisotopic (exact) mass is 294 g/mol. The van der Waals surface area contributed by atoms with Crippen LogP contribution in [0.1, 0.15) is 20.8 Å². The molecule has 102 valence electrons. The molecular weight excluding hydrogens is 280 g/mol. The van der Waals surface area contributed by atoms with Gasteiger partial charge in [-0.05, 0) is 26.8 Å². The van der Waals surface area contributed by atoms with Crippen molar-refractivity contribution in [2.45, 2.75) is 37.3 Å². The third-order valence-corrected chi connectivity index (χ3v) is 4.52. The second kappa shape index (κ2) is 5.00. The molecular formula is C10H15ClN2O4S. The van der Waals surface area contributed by atoms with Crippen molar-refractivity contribution in [3.8, 4) is 0 Å². The molecule has 0 aliphatic heterocycles. The summed E-state index contributed by atoms with van der Waals surface area (Å²) in [6.07, 6.45) is 0.166. The number of hydrogen-bond donors (Lipinski definition) is 3. The summed E-state index contributed by atoms with van der Waals surface area (Å²) < 4.78 is 26.4. The molecule has 1 unspecified atom stereocenters. The van der Waals surface area contributed by atoms with Crippen molar-refractivity contribution in [1.82, 2.24) is 9.71 Å². The van der Waals surface area contributed by atoms with E-state index in [2.05, 4.69) is 9.71 Å². The van der Waals surface area contributed by atoms with Crippen LogP contribution in [0.5, 0.6) is 0 Å². The topological polar surface area (TPSA) is 99.3 Å². The van der Waals surface area contributed by atoms with Gasteiger partial charge in [0, 0.05) is 6.20 Å². The number of rotatable bonds is 4. The molecule has 1 atom stereocenters. The Labute approximate surface area is 110 Å². The molecule has 0 amide bonds. The lowest BCUT2D eigenvalue weighted by Gasteiger charge is -2.28. The first-order valence-corrected chi connectivity index (χ1v) is 7.02. The lowest BCUT2D eigenvalue weighted by Crippen LogP contribution is -2.50. The smallest absolute Gasteiger partial charge is 0.266 e. The van der Waals surface area contributed by atoms with Crippen LogP contribution < -0.4 is 10.3 Å². The van der Waals surface area contributed by atoms with E-state index in [0.717, 1.165) is 12.3 Å². The van der Waals surface area contributed by atoms with E-state index < -0.39 is 27.2 Å². The summed E-state index contributed by atoms with van der Waals surface area (Å²) in [6, 6.07) is 1.06. The van der Waals surface area contributed by atoms with Gasteiger partial charge >= 0.3 is 0 Å². The Morgan fingerprint density at radius 3 is 2.50 bits per heavy atom. The number of pyridine rings is 1. The van der Waals surface area contributed by atoms with Crippen molar-refractivity contribution in [3.05, 3.63) is 27.6 Å². The number of sulfonamides is 1. The van der Waals surface area contributed by atoms with Crippen molar-refractivity contribution in [1.29, 1.82) is 0 Å². The Bertz CT molecular complexity index is 592. The molecule has 8 heteroatoms. The van der Waals surface area contributed by atoms with Gasteiger partial charge in [-0.1, -0.05) is 11.6 Å². The van der Waals surface area contributed by atoms with Gasteiger partial charge in [0.15, 0.2) is 0 Å². The Hall–Kier alpha value is -0.890. The van der Waals surface area contributed by atoms with Gasteiger partial charge in [0.05, 0.1) is 16.5 Å². The van der Waals surface area contributed by atoms with Crippen molar-refractivity contribution >= 4 is 21.6 Å². The molecule has 0 fully saturated rings. The van der Waals surface area contributed by atoms with Crippen LogP contribution in [0, 0.1) is 0 Å². The van der Waals surface area contributed by atoms with Crippen LogP contribution in [-0.2, 0) is 10.0 Å². The molecule has 1 heterocycles. The van der Waals surface area contributed by atoms with Gasteiger partial charge in [-0.3, -0.25) is 4.79 Å². The fourth-order valence-electron chi connectivity index (χ4n) is 1.08. The molecule has 0 saturated carbocycles. The van der Waals surface area contributed by atoms with Crippen molar-refractivity contribution in [2.75, 3.05) is 0 Å². The first kappa shape index (κ1) is 15.2. The predicted octanol–water partition coefficient (Wildman–Crippen LogP) is 0.466. The number of aromatic nitrogens is 1. The lowest BCUT2D eigenvalue weighted by molar-refractivity contribution is 0.111. The highest BCUT2D eigenvalue weighted by molar-refractivity contribution is 7.89. The van der Waals surface area contributed by atoms with Crippen LogP contribution in [0.15, 0.2) is 22.0 Å². The molecule has 0 saturated heterocycles. The minimum absolute atomic E-state index is 0.166. The second-order valence-corrected chi connectivity index (χ2v) is 6.61. The third-order valence-electron chi connectivity index (χ3n) is 2.58. The zero-order valence-corrected chi connectivity index (χ0v) is 11.8. The van der Waals surface area contributed by atoms with Crippen molar-refractivity contribution in [2.24, 2.45) is 0 Å². The summed E-state index contributed by atoms with van der Waals surface area (Å²) >= 11 is 5.57. The first-order valence-electron chi connectivity index (χ1n) is 5.16. The zero-order valence-electron chi connectivity index (χ0n) is 10.2. The van der Waals surface area contributed by atoms with Crippen LogP contribution in [0.2, 0.25) is 5.02 Å². The highest BCUT2D eigenvalue weighted by Crippen LogP contribution is 2.16. The normalized spacial score (nSPS) is 14.5. The van der Waals surface area contributed by atoms with E-state index in [1.165, 1.54) is 6.92 Å². The average Bonchev–Trinajstić information content (AvgIpc) is 2.20. The predicted molar refractivity (Wildman–Crippen MR) is 68.2 cm³/mol. The lowest BCUT2D eigenvalue weighted by atomic mass is 10.0. The molecule has 0 radical (unpaired) electrons. The van der Waals surface area contributed by atoms with Crippen LogP contribution >= 0.6 is 11.6 Å². The number of aliphatic hydroxyl groups excluding tert-OH is 1. The van der Waals surface area contributed by atoms with E-state index in [4.69, 9.17) is 11.6 Å². The SMILES string of the molecule is CC(O)C(C)(C)NS(=O)(=O)c1c[nH]c(=O)c(Cl)c1. The van der Waals surface area contributed by atoms with Gasteiger partial charge in [-0.25, -0.2) is 13.1 Å². The Balaban J connectivity index is 3.15. The zero-order chi connectivity index (χ0) is 14.1. The van der Waals surface area contributed by atoms with Gasteiger partial charge in [-0.15, -0.1) is 0 Å². The largest absolute Gasteiger partial charge is 0.391 e. The molecule has 0 bridgehead atoms. The summed E-state index contributed by atoms with van der Waals surface area (Å²) in [5, 5.41) is 9.26. The maximum absolute atomic E-state index is 12.0. The van der Waals surface area contributed by atoms with E-state index in [1.807, 2.05) is 0 Å². The fraction of sp³-hybridized carbons (Fsp3) is 0.500. The van der Waals surface area contributed by atoms with Crippen molar-refractivity contribution < 1.29 is 13.5 Å². The molecule has 1 rings (SSSR count). The van der Waals surface area contributed by atoms with E-state index >= 15 is 0 Å². The minimum Gasteiger partial charge on any atom is -0.391 e. The van der Waals surface area contributed by atoms with E-state index in [0.29, 0.717) is 0 Å². The minimum atomic E-state index is -3.87. The maximum Gasteiger partial charge on any atom is 0.266 e. The number of hydrogen-bond acceptors (Lipinski definition) is 4. The molecule has 6 nitrogen and oxygen atoms in total. The summed E-state index contributed by atoms with van der Waals surface area (Å²) in [7, 11) is -3.87. The molecule has 0 aliphatic carbocycles. The van der Waals surface area contributed by atoms with Gasteiger partial charge < -0.3 is 10.1 Å². The second-order valence-electron chi connectivity index (χ2n) is 4.52. The number of aromatic amines is 1. The van der Waals surface area contributed by atoms with Crippen molar-refractivity contribution in [3.63, 3.8) is 0 Å². The third kappa shape index (κ3) is 3.32. The Morgan fingerprint density at radius 1 is 1.50 bits per heavy atom. The Kier molecular flexibility index (Phi) is 4.22. The van der Waals surface area contributed by atoms with Crippen LogP contribution in [0.4, 0.5) is 0 Å². The highest BCUT2D eigenvalue weighted by atomic mass is 35.5. The highest BCUT2D eigenvalue weighted by Gasteiger charge is 2.30. The van der Waals surface area contributed by atoms with E-state index in [1.54, 1.807) is 13.8 Å². The first-order chi connectivity index (χ1) is 8.06. The standard InChI is InChI=1S/C10H15ClN2O4S/c1-6(14)10(2,3)13-18(16,17)7-4-8(11)9(15)12-5-7/h4-6,13-14H,1-3H3,(H,12,15). The summed E-state index contributed by atoms with van der Waals surface area (Å²) in [4.78, 5) is 13.1. The van der Waals surface area contributed by atoms with Crippen LogP contribution in [-0.4, -0.2) is 30.2 Å². The molecule has 18 heavy (non-hydrogen) atoms. The number of aliphatic hydroxyl groups is 1. The quantitative estimate of drug-likeness (QED) is 0.751. The molecule has 0 spiro atoms. The Morgan fingerprint density at radius 2 is 2.06 bits per heavy atom. The summed E-state index contributed by atoms with van der Waals surface area (Å²) in [6.45, 7) is 4.56. The number of halogens is 1. The maximum atomic E-state index is 12.0. The number of H-pyrrole nitrogens is 1. The fourth-order valence-corrected chi connectivity index (χ4v) is 2.79. The van der Waals surface area contributed by atoms with E-state index in [-0.39, 0.29) is 9.92 Å². The van der Waals surface area contributed by atoms with Gasteiger partial charge in [0.2, 0.25) is 10.0 Å².